The number of aryl methyl sites for hydroxylation is 1. The van der Waals surface area contributed by atoms with Crippen LogP contribution in [0.15, 0.2) is 90.1 Å². The van der Waals surface area contributed by atoms with Crippen LogP contribution in [0.5, 0.6) is 5.75 Å². The van der Waals surface area contributed by atoms with Crippen molar-refractivity contribution in [1.82, 2.24) is 8.96 Å². The lowest BCUT2D eigenvalue weighted by Gasteiger charge is -2.12. The molecule has 0 fully saturated rings. The Morgan fingerprint density at radius 2 is 1.73 bits per heavy atom. The van der Waals surface area contributed by atoms with Gasteiger partial charge in [-0.05, 0) is 42.8 Å². The first-order chi connectivity index (χ1) is 14.4. The fourth-order valence-electron chi connectivity index (χ4n) is 3.00. The standard InChI is InChI=1S/C23H19ClN2O3S/c1-17-7-10-20(11-8-17)30(27,28)26-14-13-25-23(26)19-9-12-22(21(24)15-19)29-16-18-5-3-2-4-6-18/h2-15H,16H2,1H3. The fourth-order valence-corrected chi connectivity index (χ4v) is 4.54. The van der Waals surface area contributed by atoms with Crippen LogP contribution in [0, 0.1) is 6.92 Å². The second-order valence-corrected chi connectivity index (χ2v) is 9.01. The van der Waals surface area contributed by atoms with Crippen LogP contribution in [0.4, 0.5) is 0 Å². The van der Waals surface area contributed by atoms with Gasteiger partial charge in [-0.25, -0.2) is 17.4 Å². The topological polar surface area (TPSA) is 61.2 Å². The van der Waals surface area contributed by atoms with Crippen molar-refractivity contribution in [2.24, 2.45) is 0 Å². The summed E-state index contributed by atoms with van der Waals surface area (Å²) >= 11 is 6.40. The maximum absolute atomic E-state index is 13.1. The molecule has 1 aromatic heterocycles. The number of nitrogens with zero attached hydrogens (tertiary/aromatic N) is 2. The zero-order valence-electron chi connectivity index (χ0n) is 16.2. The molecule has 4 aromatic rings. The average Bonchev–Trinajstić information content (AvgIpc) is 3.25. The van der Waals surface area contributed by atoms with Gasteiger partial charge < -0.3 is 4.74 Å². The van der Waals surface area contributed by atoms with Gasteiger partial charge >= 0.3 is 0 Å². The molecule has 0 saturated heterocycles. The lowest BCUT2D eigenvalue weighted by Crippen LogP contribution is -2.13. The van der Waals surface area contributed by atoms with Crippen LogP contribution >= 0.6 is 11.6 Å². The SMILES string of the molecule is Cc1ccc(S(=O)(=O)n2ccnc2-c2ccc(OCc3ccccc3)c(Cl)c2)cc1. The van der Waals surface area contributed by atoms with Crippen LogP contribution in [-0.2, 0) is 16.6 Å². The van der Waals surface area contributed by atoms with E-state index in [1.165, 1.54) is 12.4 Å². The summed E-state index contributed by atoms with van der Waals surface area (Å²) in [6.07, 6.45) is 2.88. The minimum atomic E-state index is -3.78. The van der Waals surface area contributed by atoms with Gasteiger partial charge in [-0.1, -0.05) is 59.6 Å². The van der Waals surface area contributed by atoms with Crippen LogP contribution in [0.3, 0.4) is 0 Å². The zero-order valence-corrected chi connectivity index (χ0v) is 17.8. The van der Waals surface area contributed by atoms with Crippen LogP contribution in [0.1, 0.15) is 11.1 Å². The van der Waals surface area contributed by atoms with Crippen molar-refractivity contribution in [3.8, 4) is 17.1 Å². The molecule has 7 heteroatoms. The first-order valence-electron chi connectivity index (χ1n) is 9.27. The highest BCUT2D eigenvalue weighted by molar-refractivity contribution is 7.90. The average molecular weight is 439 g/mol. The molecule has 5 nitrogen and oxygen atoms in total. The molecule has 0 N–H and O–H groups in total. The Balaban J connectivity index is 1.62. The number of benzene rings is 3. The summed E-state index contributed by atoms with van der Waals surface area (Å²) in [6.45, 7) is 2.29. The largest absolute Gasteiger partial charge is 0.487 e. The molecule has 0 aliphatic carbocycles. The molecule has 0 aliphatic heterocycles. The molecule has 0 aliphatic rings. The van der Waals surface area contributed by atoms with Crippen molar-refractivity contribution in [1.29, 1.82) is 0 Å². The van der Waals surface area contributed by atoms with E-state index >= 15 is 0 Å². The molecule has 0 radical (unpaired) electrons. The first kappa shape index (κ1) is 20.2. The molecule has 4 rings (SSSR count). The summed E-state index contributed by atoms with van der Waals surface area (Å²) in [5.41, 5.74) is 2.59. The Morgan fingerprint density at radius 3 is 2.43 bits per heavy atom. The van der Waals surface area contributed by atoms with E-state index in [0.29, 0.717) is 22.9 Å². The number of aromatic nitrogens is 2. The Hall–Kier alpha value is -3.09. The highest BCUT2D eigenvalue weighted by Crippen LogP contribution is 2.31. The molecule has 0 saturated carbocycles. The normalized spacial score (nSPS) is 11.4. The second-order valence-electron chi connectivity index (χ2n) is 6.78. The molecule has 0 bridgehead atoms. The minimum absolute atomic E-state index is 0.196. The molecule has 152 valence electrons. The molecule has 3 aromatic carbocycles. The number of ether oxygens (including phenoxy) is 1. The van der Waals surface area contributed by atoms with E-state index in [-0.39, 0.29) is 10.7 Å². The van der Waals surface area contributed by atoms with E-state index in [0.717, 1.165) is 15.1 Å². The van der Waals surface area contributed by atoms with Crippen molar-refractivity contribution in [2.75, 3.05) is 0 Å². The van der Waals surface area contributed by atoms with Crippen molar-refractivity contribution in [3.63, 3.8) is 0 Å². The first-order valence-corrected chi connectivity index (χ1v) is 11.1. The van der Waals surface area contributed by atoms with Crippen molar-refractivity contribution in [2.45, 2.75) is 18.4 Å². The van der Waals surface area contributed by atoms with Crippen LogP contribution < -0.4 is 4.74 Å². The second kappa shape index (κ2) is 8.34. The summed E-state index contributed by atoms with van der Waals surface area (Å²) in [7, 11) is -3.78. The van der Waals surface area contributed by atoms with E-state index in [1.807, 2.05) is 37.3 Å². The van der Waals surface area contributed by atoms with Gasteiger partial charge in [0.1, 0.15) is 12.4 Å². The summed E-state index contributed by atoms with van der Waals surface area (Å²) in [4.78, 5) is 4.44. The van der Waals surface area contributed by atoms with E-state index in [2.05, 4.69) is 4.98 Å². The summed E-state index contributed by atoms with van der Waals surface area (Å²) in [6, 6.07) is 21.6. The highest BCUT2D eigenvalue weighted by Gasteiger charge is 2.21. The Bertz CT molecular complexity index is 1270. The van der Waals surface area contributed by atoms with Crippen LogP contribution in [0.25, 0.3) is 11.4 Å². The third-order valence-corrected chi connectivity index (χ3v) is 6.59. The van der Waals surface area contributed by atoms with Gasteiger partial charge in [0.2, 0.25) is 0 Å². The highest BCUT2D eigenvalue weighted by atomic mass is 35.5. The number of halogens is 1. The van der Waals surface area contributed by atoms with Crippen molar-refractivity contribution in [3.05, 3.63) is 101 Å². The van der Waals surface area contributed by atoms with Gasteiger partial charge in [0, 0.05) is 18.0 Å². The molecule has 30 heavy (non-hydrogen) atoms. The van der Waals surface area contributed by atoms with E-state index in [9.17, 15) is 8.42 Å². The quantitative estimate of drug-likeness (QED) is 0.408. The summed E-state index contributed by atoms with van der Waals surface area (Å²) in [5.74, 6) is 0.802. The van der Waals surface area contributed by atoms with E-state index < -0.39 is 10.0 Å². The number of hydrogen-bond donors (Lipinski definition) is 0. The number of hydrogen-bond acceptors (Lipinski definition) is 4. The summed E-state index contributed by atoms with van der Waals surface area (Å²) in [5, 5.41) is 0.380. The lowest BCUT2D eigenvalue weighted by atomic mass is 10.2. The number of imidazole rings is 1. The molecule has 0 unspecified atom stereocenters. The minimum Gasteiger partial charge on any atom is -0.487 e. The number of rotatable bonds is 6. The Kier molecular flexibility index (Phi) is 5.61. The van der Waals surface area contributed by atoms with Crippen molar-refractivity contribution >= 4 is 21.6 Å². The molecule has 0 atom stereocenters. The predicted molar refractivity (Wildman–Crippen MR) is 117 cm³/mol. The molecular weight excluding hydrogens is 420 g/mol. The van der Waals surface area contributed by atoms with Gasteiger partial charge in [0.15, 0.2) is 5.82 Å². The maximum atomic E-state index is 13.1. The smallest absolute Gasteiger partial charge is 0.269 e. The van der Waals surface area contributed by atoms with Gasteiger partial charge in [-0.15, -0.1) is 0 Å². The summed E-state index contributed by atoms with van der Waals surface area (Å²) < 4.78 is 33.1. The Labute approximate surface area is 180 Å². The van der Waals surface area contributed by atoms with Gasteiger partial charge in [-0.2, -0.15) is 0 Å². The van der Waals surface area contributed by atoms with Gasteiger partial charge in [0.05, 0.1) is 9.92 Å². The van der Waals surface area contributed by atoms with Crippen LogP contribution in [-0.4, -0.2) is 17.4 Å². The lowest BCUT2D eigenvalue weighted by molar-refractivity contribution is 0.306. The third kappa shape index (κ3) is 4.10. The van der Waals surface area contributed by atoms with Crippen molar-refractivity contribution < 1.29 is 13.2 Å². The molecular formula is C23H19ClN2O3S. The fraction of sp³-hybridized carbons (Fsp3) is 0.0870. The van der Waals surface area contributed by atoms with E-state index in [1.54, 1.807) is 42.5 Å². The molecule has 1 heterocycles. The van der Waals surface area contributed by atoms with Gasteiger partial charge in [0.25, 0.3) is 10.0 Å². The van der Waals surface area contributed by atoms with Gasteiger partial charge in [-0.3, -0.25) is 0 Å². The predicted octanol–water partition coefficient (Wildman–Crippen LogP) is 5.33. The maximum Gasteiger partial charge on any atom is 0.269 e. The monoisotopic (exact) mass is 438 g/mol. The third-order valence-electron chi connectivity index (χ3n) is 4.61. The molecule has 0 spiro atoms. The molecule has 0 amide bonds. The zero-order chi connectivity index (χ0) is 21.1. The Morgan fingerprint density at radius 1 is 1.00 bits per heavy atom. The van der Waals surface area contributed by atoms with E-state index in [4.69, 9.17) is 16.3 Å². The van der Waals surface area contributed by atoms with Crippen LogP contribution in [0.2, 0.25) is 5.02 Å².